The highest BCUT2D eigenvalue weighted by Gasteiger charge is 2.19. The fourth-order valence-electron chi connectivity index (χ4n) is 3.92. The zero-order valence-corrected chi connectivity index (χ0v) is 19.5. The summed E-state index contributed by atoms with van der Waals surface area (Å²) in [6.45, 7) is 0. The van der Waals surface area contributed by atoms with E-state index < -0.39 is 10.0 Å². The molecule has 0 aliphatic heterocycles. The minimum Gasteiger partial charge on any atom is -0.411 e. The highest BCUT2D eigenvalue weighted by atomic mass is 32.2. The normalized spacial score (nSPS) is 12.9. The van der Waals surface area contributed by atoms with Crippen LogP contribution in [0.2, 0.25) is 0 Å². The molecule has 34 heavy (non-hydrogen) atoms. The first-order valence-electron chi connectivity index (χ1n) is 10.8. The largest absolute Gasteiger partial charge is 0.411 e. The Balaban J connectivity index is 1.64. The van der Waals surface area contributed by atoms with Gasteiger partial charge in [-0.3, -0.25) is 4.98 Å². The molecule has 0 saturated carbocycles. The summed E-state index contributed by atoms with van der Waals surface area (Å²) >= 11 is 0. The summed E-state index contributed by atoms with van der Waals surface area (Å²) < 4.78 is 26.3. The lowest BCUT2D eigenvalue weighted by atomic mass is 9.85. The SMILES string of the molecule is CNS(=O)(=O)c1ccc(-c2ccc(C(CC(=NO)c3ccncc3)c3ccccc3)cc2)cc1. The zero-order valence-electron chi connectivity index (χ0n) is 18.7. The second-order valence-electron chi connectivity index (χ2n) is 7.80. The highest BCUT2D eigenvalue weighted by Crippen LogP contribution is 2.31. The molecule has 1 heterocycles. The van der Waals surface area contributed by atoms with Gasteiger partial charge in [0.25, 0.3) is 0 Å². The number of pyridine rings is 1. The molecule has 4 rings (SSSR count). The minimum absolute atomic E-state index is 0.0162. The minimum atomic E-state index is -3.47. The maximum atomic E-state index is 12.0. The van der Waals surface area contributed by atoms with Crippen LogP contribution in [0.3, 0.4) is 0 Å². The number of nitrogens with one attached hydrogen (secondary N) is 1. The molecule has 7 heteroatoms. The Hall–Kier alpha value is -3.81. The zero-order chi connectivity index (χ0) is 24.0. The first-order chi connectivity index (χ1) is 16.5. The third-order valence-electron chi connectivity index (χ3n) is 5.81. The summed E-state index contributed by atoms with van der Waals surface area (Å²) in [5, 5.41) is 13.3. The lowest BCUT2D eigenvalue weighted by molar-refractivity contribution is 0.317. The number of sulfonamides is 1. The van der Waals surface area contributed by atoms with Crippen LogP contribution in [0, 0.1) is 0 Å². The molecule has 0 fully saturated rings. The summed E-state index contributed by atoms with van der Waals surface area (Å²) in [6.07, 6.45) is 3.88. The lowest BCUT2D eigenvalue weighted by Crippen LogP contribution is -2.18. The van der Waals surface area contributed by atoms with Crippen LogP contribution in [0.25, 0.3) is 11.1 Å². The van der Waals surface area contributed by atoms with E-state index in [1.54, 1.807) is 36.7 Å². The van der Waals surface area contributed by atoms with Gasteiger partial charge >= 0.3 is 0 Å². The third kappa shape index (κ3) is 5.22. The molecular weight excluding hydrogens is 446 g/mol. The molecule has 0 spiro atoms. The van der Waals surface area contributed by atoms with E-state index in [2.05, 4.69) is 39.1 Å². The summed E-state index contributed by atoms with van der Waals surface area (Å²) in [7, 11) is -2.07. The van der Waals surface area contributed by atoms with Gasteiger partial charge in [-0.1, -0.05) is 71.9 Å². The van der Waals surface area contributed by atoms with Crippen molar-refractivity contribution in [1.29, 1.82) is 0 Å². The van der Waals surface area contributed by atoms with Crippen molar-refractivity contribution in [3.8, 4) is 11.1 Å². The average Bonchev–Trinajstić information content (AvgIpc) is 2.90. The summed E-state index contributed by atoms with van der Waals surface area (Å²) in [5.41, 5.74) is 5.52. The van der Waals surface area contributed by atoms with Crippen LogP contribution in [-0.4, -0.2) is 31.4 Å². The second kappa shape index (κ2) is 10.4. The van der Waals surface area contributed by atoms with Gasteiger partial charge in [0.05, 0.1) is 10.6 Å². The topological polar surface area (TPSA) is 91.7 Å². The number of nitrogens with zero attached hydrogens (tertiary/aromatic N) is 2. The van der Waals surface area contributed by atoms with Gasteiger partial charge in [-0.25, -0.2) is 13.1 Å². The van der Waals surface area contributed by atoms with Gasteiger partial charge in [-0.05, 0) is 53.6 Å². The fourth-order valence-corrected chi connectivity index (χ4v) is 4.65. The van der Waals surface area contributed by atoms with Crippen molar-refractivity contribution in [3.63, 3.8) is 0 Å². The second-order valence-corrected chi connectivity index (χ2v) is 9.69. The van der Waals surface area contributed by atoms with E-state index in [1.807, 2.05) is 42.5 Å². The van der Waals surface area contributed by atoms with Crippen molar-refractivity contribution < 1.29 is 13.6 Å². The van der Waals surface area contributed by atoms with Crippen molar-refractivity contribution >= 4 is 15.7 Å². The van der Waals surface area contributed by atoms with E-state index in [4.69, 9.17) is 0 Å². The van der Waals surface area contributed by atoms with Gasteiger partial charge < -0.3 is 5.21 Å². The predicted molar refractivity (Wildman–Crippen MR) is 134 cm³/mol. The number of benzene rings is 3. The molecule has 3 aromatic carbocycles. The molecule has 6 nitrogen and oxygen atoms in total. The first kappa shape index (κ1) is 23.4. The molecule has 0 aliphatic rings. The number of aromatic nitrogens is 1. The van der Waals surface area contributed by atoms with Crippen LogP contribution >= 0.6 is 0 Å². The fraction of sp³-hybridized carbons (Fsp3) is 0.111. The first-order valence-corrected chi connectivity index (χ1v) is 12.3. The van der Waals surface area contributed by atoms with E-state index in [1.165, 1.54) is 7.05 Å². The number of hydrogen-bond acceptors (Lipinski definition) is 5. The van der Waals surface area contributed by atoms with Crippen molar-refractivity contribution in [2.24, 2.45) is 5.16 Å². The molecule has 1 aromatic heterocycles. The maximum absolute atomic E-state index is 12.0. The van der Waals surface area contributed by atoms with Crippen LogP contribution < -0.4 is 4.72 Å². The van der Waals surface area contributed by atoms with Gasteiger partial charge in [-0.2, -0.15) is 0 Å². The molecule has 0 aliphatic carbocycles. The molecular formula is C27H25N3O3S. The van der Waals surface area contributed by atoms with E-state index in [9.17, 15) is 13.6 Å². The van der Waals surface area contributed by atoms with Crippen LogP contribution in [0.5, 0.6) is 0 Å². The quantitative estimate of drug-likeness (QED) is 0.214. The van der Waals surface area contributed by atoms with E-state index >= 15 is 0 Å². The highest BCUT2D eigenvalue weighted by molar-refractivity contribution is 7.89. The summed E-state index contributed by atoms with van der Waals surface area (Å²) in [6, 6.07) is 28.7. The molecule has 0 radical (unpaired) electrons. The third-order valence-corrected chi connectivity index (χ3v) is 7.24. The van der Waals surface area contributed by atoms with Gasteiger partial charge in [0.1, 0.15) is 0 Å². The lowest BCUT2D eigenvalue weighted by Gasteiger charge is -2.19. The maximum Gasteiger partial charge on any atom is 0.240 e. The molecule has 1 unspecified atom stereocenters. The molecule has 0 bridgehead atoms. The molecule has 0 saturated heterocycles. The van der Waals surface area contributed by atoms with Gasteiger partial charge in [0.15, 0.2) is 0 Å². The van der Waals surface area contributed by atoms with E-state index in [-0.39, 0.29) is 10.8 Å². The van der Waals surface area contributed by atoms with Gasteiger partial charge in [-0.15, -0.1) is 0 Å². The Morgan fingerprint density at radius 2 is 1.41 bits per heavy atom. The van der Waals surface area contributed by atoms with E-state index in [0.717, 1.165) is 27.8 Å². The molecule has 0 amide bonds. The summed E-state index contributed by atoms with van der Waals surface area (Å²) in [5.74, 6) is -0.0162. The van der Waals surface area contributed by atoms with Crippen LogP contribution in [0.15, 0.2) is 113 Å². The van der Waals surface area contributed by atoms with Crippen molar-refractivity contribution in [2.75, 3.05) is 7.05 Å². The Morgan fingerprint density at radius 1 is 0.853 bits per heavy atom. The molecule has 172 valence electrons. The number of oxime groups is 1. The van der Waals surface area contributed by atoms with Crippen LogP contribution in [0.1, 0.15) is 29.0 Å². The molecule has 4 aromatic rings. The van der Waals surface area contributed by atoms with Crippen LogP contribution in [0.4, 0.5) is 0 Å². The van der Waals surface area contributed by atoms with Crippen molar-refractivity contribution in [1.82, 2.24) is 9.71 Å². The summed E-state index contributed by atoms with van der Waals surface area (Å²) in [4.78, 5) is 4.27. The number of rotatable bonds is 8. The Bertz CT molecular complexity index is 1350. The average molecular weight is 472 g/mol. The van der Waals surface area contributed by atoms with E-state index in [0.29, 0.717) is 12.1 Å². The molecule has 2 N–H and O–H groups in total. The van der Waals surface area contributed by atoms with Crippen molar-refractivity contribution in [2.45, 2.75) is 17.2 Å². The predicted octanol–water partition coefficient (Wildman–Crippen LogP) is 5.06. The van der Waals surface area contributed by atoms with Gasteiger partial charge in [0.2, 0.25) is 10.0 Å². The monoisotopic (exact) mass is 471 g/mol. The Kier molecular flexibility index (Phi) is 7.15. The number of hydrogen-bond donors (Lipinski definition) is 2. The Morgan fingerprint density at radius 3 is 1.97 bits per heavy atom. The standard InChI is InChI=1S/C27H25N3O3S/c1-28-34(32,33)25-13-11-21(12-14-25)20-7-9-23(10-8-20)26(22-5-3-2-4-6-22)19-27(30-31)24-15-17-29-18-16-24/h2-18,26,28,31H,19H2,1H3. The van der Waals surface area contributed by atoms with Crippen LogP contribution in [-0.2, 0) is 10.0 Å². The van der Waals surface area contributed by atoms with Gasteiger partial charge in [0, 0.05) is 30.3 Å². The smallest absolute Gasteiger partial charge is 0.240 e. The molecule has 1 atom stereocenters. The van der Waals surface area contributed by atoms with Crippen molar-refractivity contribution in [3.05, 3.63) is 120 Å². The Labute approximate surface area is 199 Å².